The van der Waals surface area contributed by atoms with Gasteiger partial charge >= 0.3 is 0 Å². The lowest BCUT2D eigenvalue weighted by Crippen LogP contribution is -2.21. The molecule has 2 nitrogen and oxygen atoms in total. The van der Waals surface area contributed by atoms with Crippen molar-refractivity contribution in [2.24, 2.45) is 5.92 Å². The van der Waals surface area contributed by atoms with E-state index in [1.807, 2.05) is 12.1 Å². The molecule has 2 unspecified atom stereocenters. The van der Waals surface area contributed by atoms with Crippen LogP contribution in [0.3, 0.4) is 0 Å². The van der Waals surface area contributed by atoms with Crippen LogP contribution in [0, 0.1) is 23.4 Å². The molecule has 2 atom stereocenters. The highest BCUT2D eigenvalue weighted by Crippen LogP contribution is 2.36. The molecule has 0 aromatic heterocycles. The summed E-state index contributed by atoms with van der Waals surface area (Å²) in [7, 11) is 0. The van der Waals surface area contributed by atoms with E-state index in [2.05, 4.69) is 13.8 Å². The predicted molar refractivity (Wildman–Crippen MR) is 157 cm³/mol. The number of hydrogen-bond donors (Lipinski definition) is 0. The summed E-state index contributed by atoms with van der Waals surface area (Å²) in [5.74, 6) is -1.66. The van der Waals surface area contributed by atoms with Gasteiger partial charge in [-0.05, 0) is 66.5 Å². The molecule has 0 radical (unpaired) electrons. The molecule has 0 spiro atoms. The third kappa shape index (κ3) is 7.90. The highest BCUT2D eigenvalue weighted by Gasteiger charge is 2.25. The van der Waals surface area contributed by atoms with Gasteiger partial charge in [0.1, 0.15) is 5.82 Å². The molecular weight excluding hydrogens is 509 g/mol. The summed E-state index contributed by atoms with van der Waals surface area (Å²) in [6.45, 7) is 5.36. The third-order valence-corrected chi connectivity index (χ3v) is 8.02. The Labute approximate surface area is 237 Å². The van der Waals surface area contributed by atoms with Crippen molar-refractivity contribution in [2.75, 3.05) is 13.2 Å². The highest BCUT2D eigenvalue weighted by atomic mass is 19.2. The monoisotopic (exact) mass is 552 g/mol. The van der Waals surface area contributed by atoms with Crippen LogP contribution in [-0.4, -0.2) is 13.2 Å². The fourth-order valence-electron chi connectivity index (χ4n) is 5.53. The van der Waals surface area contributed by atoms with E-state index >= 15 is 4.39 Å². The Morgan fingerprint density at radius 1 is 0.725 bits per heavy atom. The molecular formula is C35H43F3O2. The third-order valence-electron chi connectivity index (χ3n) is 8.02. The summed E-state index contributed by atoms with van der Waals surface area (Å²) >= 11 is 0. The van der Waals surface area contributed by atoms with Gasteiger partial charge in [-0.2, -0.15) is 4.39 Å². The smallest absolute Gasteiger partial charge is 0.201 e. The van der Waals surface area contributed by atoms with Crippen molar-refractivity contribution in [1.82, 2.24) is 0 Å². The van der Waals surface area contributed by atoms with Crippen LogP contribution in [0.2, 0.25) is 0 Å². The minimum absolute atomic E-state index is 0.0654. The first kappa shape index (κ1) is 30.2. The molecule has 0 N–H and O–H groups in total. The van der Waals surface area contributed by atoms with Gasteiger partial charge in [-0.25, -0.2) is 8.78 Å². The number of ether oxygens (including phenoxy) is 2. The van der Waals surface area contributed by atoms with Gasteiger partial charge in [0.25, 0.3) is 0 Å². The zero-order chi connectivity index (χ0) is 28.3. The van der Waals surface area contributed by atoms with Crippen molar-refractivity contribution in [3.05, 3.63) is 77.6 Å². The Morgan fingerprint density at radius 3 is 2.12 bits per heavy atom. The van der Waals surface area contributed by atoms with Gasteiger partial charge in [-0.3, -0.25) is 0 Å². The van der Waals surface area contributed by atoms with Crippen LogP contribution in [0.5, 0.6) is 5.75 Å². The summed E-state index contributed by atoms with van der Waals surface area (Å²) in [4.78, 5) is 0. The largest absolute Gasteiger partial charge is 0.490 e. The van der Waals surface area contributed by atoms with Crippen molar-refractivity contribution in [1.29, 1.82) is 0 Å². The van der Waals surface area contributed by atoms with Crippen LogP contribution in [0.1, 0.15) is 96.1 Å². The number of halogens is 3. The molecule has 1 heterocycles. The maximum absolute atomic E-state index is 15.2. The summed E-state index contributed by atoms with van der Waals surface area (Å²) < 4.78 is 56.1. The minimum Gasteiger partial charge on any atom is -0.490 e. The second-order valence-electron chi connectivity index (χ2n) is 11.1. The van der Waals surface area contributed by atoms with Crippen LogP contribution in [0.25, 0.3) is 22.3 Å². The van der Waals surface area contributed by atoms with Gasteiger partial charge < -0.3 is 9.47 Å². The Bertz CT molecular complexity index is 1200. The van der Waals surface area contributed by atoms with Crippen molar-refractivity contribution < 1.29 is 22.6 Å². The molecule has 1 saturated heterocycles. The van der Waals surface area contributed by atoms with Crippen LogP contribution in [-0.2, 0) is 4.74 Å². The highest BCUT2D eigenvalue weighted by molar-refractivity contribution is 5.71. The summed E-state index contributed by atoms with van der Waals surface area (Å²) in [6.07, 6.45) is 12.1. The van der Waals surface area contributed by atoms with E-state index in [0.717, 1.165) is 43.2 Å². The zero-order valence-corrected chi connectivity index (χ0v) is 24.0. The summed E-state index contributed by atoms with van der Waals surface area (Å²) in [5.41, 5.74) is 2.86. The maximum atomic E-state index is 15.2. The first-order valence-electron chi connectivity index (χ1n) is 15.1. The zero-order valence-electron chi connectivity index (χ0n) is 24.0. The van der Waals surface area contributed by atoms with Gasteiger partial charge in [-0.15, -0.1) is 0 Å². The molecule has 0 amide bonds. The Morgan fingerprint density at radius 2 is 1.43 bits per heavy atom. The standard InChI is InChI=1S/C35H43F3O2/c1-3-5-7-8-9-11-25-12-20-32(40-24-25)30-18-17-28(23-31(30)36)26-13-15-27(16-14-26)29-19-21-33(35(38)34(29)37)39-22-10-6-4-2/h13-19,21,23,25,32H,3-12,20,22,24H2,1-2H3. The van der Waals surface area contributed by atoms with E-state index in [-0.39, 0.29) is 23.2 Å². The lowest BCUT2D eigenvalue weighted by molar-refractivity contribution is -0.0215. The Balaban J connectivity index is 1.35. The van der Waals surface area contributed by atoms with Crippen molar-refractivity contribution >= 4 is 0 Å². The van der Waals surface area contributed by atoms with Gasteiger partial charge in [-0.1, -0.05) is 95.2 Å². The average molecular weight is 553 g/mol. The molecule has 0 saturated carbocycles. The lowest BCUT2D eigenvalue weighted by atomic mass is 9.90. The van der Waals surface area contributed by atoms with Crippen LogP contribution in [0.15, 0.2) is 54.6 Å². The normalized spacial score (nSPS) is 17.2. The lowest BCUT2D eigenvalue weighted by Gasteiger charge is -2.29. The topological polar surface area (TPSA) is 18.5 Å². The molecule has 5 heteroatoms. The number of benzene rings is 3. The number of hydrogen-bond acceptors (Lipinski definition) is 2. The number of unbranched alkanes of at least 4 members (excludes halogenated alkanes) is 6. The van der Waals surface area contributed by atoms with E-state index in [4.69, 9.17) is 9.47 Å². The molecule has 1 aliphatic heterocycles. The molecule has 40 heavy (non-hydrogen) atoms. The van der Waals surface area contributed by atoms with Crippen LogP contribution < -0.4 is 4.74 Å². The summed E-state index contributed by atoms with van der Waals surface area (Å²) in [5, 5.41) is 0. The molecule has 1 aliphatic rings. The second kappa shape index (κ2) is 15.3. The molecule has 216 valence electrons. The molecule has 3 aromatic carbocycles. The quantitative estimate of drug-likeness (QED) is 0.185. The fraction of sp³-hybridized carbons (Fsp3) is 0.486. The van der Waals surface area contributed by atoms with E-state index < -0.39 is 11.6 Å². The van der Waals surface area contributed by atoms with Gasteiger partial charge in [0.15, 0.2) is 11.6 Å². The first-order chi connectivity index (χ1) is 19.5. The van der Waals surface area contributed by atoms with Crippen LogP contribution >= 0.6 is 0 Å². The van der Waals surface area contributed by atoms with Crippen molar-refractivity contribution in [2.45, 2.75) is 90.6 Å². The first-order valence-corrected chi connectivity index (χ1v) is 15.1. The maximum Gasteiger partial charge on any atom is 0.201 e. The van der Waals surface area contributed by atoms with E-state index in [1.165, 1.54) is 50.7 Å². The van der Waals surface area contributed by atoms with Crippen molar-refractivity contribution in [3.8, 4) is 28.0 Å². The van der Waals surface area contributed by atoms with Crippen molar-refractivity contribution in [3.63, 3.8) is 0 Å². The average Bonchev–Trinajstić information content (AvgIpc) is 2.98. The molecule has 3 aromatic rings. The van der Waals surface area contributed by atoms with Crippen LogP contribution in [0.4, 0.5) is 13.2 Å². The predicted octanol–water partition coefficient (Wildman–Crippen LogP) is 10.8. The molecule has 0 bridgehead atoms. The minimum atomic E-state index is -0.973. The van der Waals surface area contributed by atoms with E-state index in [9.17, 15) is 8.78 Å². The van der Waals surface area contributed by atoms with Gasteiger partial charge in [0, 0.05) is 11.1 Å². The van der Waals surface area contributed by atoms with E-state index in [0.29, 0.717) is 30.3 Å². The molecule has 4 rings (SSSR count). The fourth-order valence-corrected chi connectivity index (χ4v) is 5.53. The number of rotatable bonds is 14. The summed E-state index contributed by atoms with van der Waals surface area (Å²) in [6, 6.07) is 15.4. The second-order valence-corrected chi connectivity index (χ2v) is 11.1. The Kier molecular flexibility index (Phi) is 11.5. The van der Waals surface area contributed by atoms with Gasteiger partial charge in [0.2, 0.25) is 5.82 Å². The van der Waals surface area contributed by atoms with Gasteiger partial charge in [0.05, 0.1) is 19.3 Å². The van der Waals surface area contributed by atoms with E-state index in [1.54, 1.807) is 30.3 Å². The Hall–Kier alpha value is -2.79. The molecule has 1 fully saturated rings. The molecule has 0 aliphatic carbocycles. The SMILES string of the molecule is CCCCCCCC1CCC(c2ccc(-c3ccc(-c4ccc(OCCCCC)c(F)c4F)cc3)cc2F)OC1.